The highest BCUT2D eigenvalue weighted by molar-refractivity contribution is 5.94. The number of rotatable bonds is 7. The monoisotopic (exact) mass is 344 g/mol. The summed E-state index contributed by atoms with van der Waals surface area (Å²) < 4.78 is 5.23. The fourth-order valence-corrected chi connectivity index (χ4v) is 3.29. The number of hydrogen-bond donors (Lipinski definition) is 2. The zero-order valence-corrected chi connectivity index (χ0v) is 14.8. The van der Waals surface area contributed by atoms with Gasteiger partial charge < -0.3 is 20.7 Å². The number of amides is 2. The highest BCUT2D eigenvalue weighted by Crippen LogP contribution is 2.51. The molecule has 6 heteroatoms. The Morgan fingerprint density at radius 2 is 1.96 bits per heavy atom. The van der Waals surface area contributed by atoms with Crippen LogP contribution in [0.25, 0.3) is 0 Å². The smallest absolute Gasteiger partial charge is 0.251 e. The molecule has 1 aromatic rings. The average molecular weight is 344 g/mol. The number of benzene rings is 1. The zero-order chi connectivity index (χ0) is 18.0. The van der Waals surface area contributed by atoms with Crippen molar-refractivity contribution in [2.75, 3.05) is 27.2 Å². The normalized spacial score (nSPS) is 24.3. The van der Waals surface area contributed by atoms with E-state index in [2.05, 4.69) is 36.4 Å². The lowest BCUT2D eigenvalue weighted by molar-refractivity contribution is -0.125. The van der Waals surface area contributed by atoms with E-state index in [9.17, 15) is 9.59 Å². The number of carbonyl (C=O) groups is 2. The summed E-state index contributed by atoms with van der Waals surface area (Å²) in [6.07, 6.45) is 4.49. The summed E-state index contributed by atoms with van der Waals surface area (Å²) in [7, 11) is 4.19. The molecule has 2 atom stereocenters. The minimum absolute atomic E-state index is 0.167. The van der Waals surface area contributed by atoms with Crippen molar-refractivity contribution in [2.45, 2.75) is 36.8 Å². The second-order valence-corrected chi connectivity index (χ2v) is 7.34. The third-order valence-electron chi connectivity index (χ3n) is 5.11. The Bertz CT molecular complexity index is 638. The molecule has 0 aromatic heterocycles. The zero-order valence-electron chi connectivity index (χ0n) is 14.8. The van der Waals surface area contributed by atoms with Gasteiger partial charge in [0.1, 0.15) is 6.10 Å². The van der Waals surface area contributed by atoms with Gasteiger partial charge in [0.25, 0.3) is 5.91 Å². The molecule has 6 nitrogen and oxygen atoms in total. The molecule has 1 aliphatic heterocycles. The maximum absolute atomic E-state index is 12.4. The van der Waals surface area contributed by atoms with Gasteiger partial charge in [0.05, 0.1) is 12.6 Å². The third kappa shape index (κ3) is 4.19. The molecule has 0 bridgehead atoms. The second kappa shape index (κ2) is 7.14. The van der Waals surface area contributed by atoms with E-state index in [0.717, 1.165) is 13.0 Å². The Labute approximate surface area is 148 Å². The lowest BCUT2D eigenvalue weighted by Crippen LogP contribution is -2.36. The largest absolute Gasteiger partial charge is 0.367 e. The molecule has 2 aliphatic rings. The van der Waals surface area contributed by atoms with Crippen LogP contribution in [0.5, 0.6) is 0 Å². The Balaban J connectivity index is 1.57. The lowest BCUT2D eigenvalue weighted by Gasteiger charge is -2.19. The van der Waals surface area contributed by atoms with Crippen LogP contribution in [0, 0.1) is 6.42 Å². The van der Waals surface area contributed by atoms with Gasteiger partial charge in [-0.15, -0.1) is 0 Å². The van der Waals surface area contributed by atoms with E-state index < -0.39 is 12.0 Å². The molecule has 3 rings (SSSR count). The molecule has 1 saturated carbocycles. The molecule has 0 spiro atoms. The maximum atomic E-state index is 12.4. The molecule has 2 fully saturated rings. The number of nitrogens with two attached hydrogens (primary N) is 1. The van der Waals surface area contributed by atoms with Gasteiger partial charge in [0, 0.05) is 12.0 Å². The number of carbonyl (C=O) groups excluding carboxylic acids is 2. The van der Waals surface area contributed by atoms with Crippen LogP contribution in [-0.2, 0) is 14.9 Å². The molecule has 1 heterocycles. The number of nitrogens with zero attached hydrogens (tertiary/aromatic N) is 1. The van der Waals surface area contributed by atoms with E-state index in [4.69, 9.17) is 10.5 Å². The molecule has 1 saturated heterocycles. The number of hydrogen-bond acceptors (Lipinski definition) is 4. The summed E-state index contributed by atoms with van der Waals surface area (Å²) in [6, 6.07) is 7.60. The molecule has 2 unspecified atom stereocenters. The van der Waals surface area contributed by atoms with Gasteiger partial charge in [0.15, 0.2) is 0 Å². The summed E-state index contributed by atoms with van der Waals surface area (Å²) in [6.45, 7) is 1.34. The van der Waals surface area contributed by atoms with Crippen molar-refractivity contribution >= 4 is 11.8 Å². The Morgan fingerprint density at radius 1 is 1.28 bits per heavy atom. The van der Waals surface area contributed by atoms with Crippen LogP contribution in [0.3, 0.4) is 0 Å². The van der Waals surface area contributed by atoms with Crippen molar-refractivity contribution < 1.29 is 14.3 Å². The van der Waals surface area contributed by atoms with Crippen molar-refractivity contribution in [3.05, 3.63) is 41.8 Å². The minimum atomic E-state index is -0.723. The molecule has 135 valence electrons. The first-order valence-electron chi connectivity index (χ1n) is 8.72. The van der Waals surface area contributed by atoms with E-state index in [0.29, 0.717) is 11.0 Å². The molecule has 3 N–H and O–H groups in total. The molecule has 1 aromatic carbocycles. The molecular formula is C19H26N3O3. The van der Waals surface area contributed by atoms with Crippen molar-refractivity contribution in [1.82, 2.24) is 10.2 Å². The van der Waals surface area contributed by atoms with Gasteiger partial charge in [-0.05, 0) is 63.0 Å². The van der Waals surface area contributed by atoms with Gasteiger partial charge in [-0.3, -0.25) is 9.59 Å². The first-order valence-corrected chi connectivity index (χ1v) is 8.72. The van der Waals surface area contributed by atoms with Crippen LogP contribution >= 0.6 is 0 Å². The van der Waals surface area contributed by atoms with Crippen molar-refractivity contribution in [3.63, 3.8) is 0 Å². The second-order valence-electron chi connectivity index (χ2n) is 7.34. The molecule has 1 aliphatic carbocycles. The van der Waals surface area contributed by atoms with E-state index >= 15 is 0 Å². The molecule has 2 amide bonds. The number of ether oxygens (including phenoxy) is 1. The molecular weight excluding hydrogens is 318 g/mol. The summed E-state index contributed by atoms with van der Waals surface area (Å²) >= 11 is 0. The van der Waals surface area contributed by atoms with Gasteiger partial charge in [-0.1, -0.05) is 12.1 Å². The fraction of sp³-hybridized carbons (Fsp3) is 0.526. The first-order chi connectivity index (χ1) is 11.9. The summed E-state index contributed by atoms with van der Waals surface area (Å²) in [5.41, 5.74) is 7.42. The minimum Gasteiger partial charge on any atom is -0.367 e. The fourth-order valence-electron chi connectivity index (χ4n) is 3.29. The molecule has 1 radical (unpaired) electrons. The van der Waals surface area contributed by atoms with Gasteiger partial charge in [-0.25, -0.2) is 0 Å². The van der Waals surface area contributed by atoms with E-state index in [1.807, 2.05) is 12.1 Å². The molecule has 25 heavy (non-hydrogen) atoms. The van der Waals surface area contributed by atoms with Crippen LogP contribution in [-0.4, -0.2) is 56.1 Å². The van der Waals surface area contributed by atoms with Crippen molar-refractivity contribution in [2.24, 2.45) is 5.73 Å². The standard InChI is InChI=1S/C19H26N3O3/c1-22(2)10-9-19(7-8-19)14-5-3-13(4-6-14)18(24)21-15-11-16(17(20)23)25-12-15/h3-6,11,15-16H,7-10,12H2,1-2H3,(H2,20,23)(H,21,24). The van der Waals surface area contributed by atoms with E-state index in [-0.39, 0.29) is 18.6 Å². The Morgan fingerprint density at radius 3 is 2.48 bits per heavy atom. The van der Waals surface area contributed by atoms with Crippen LogP contribution in [0.2, 0.25) is 0 Å². The highest BCUT2D eigenvalue weighted by Gasteiger charge is 2.43. The first kappa shape index (κ1) is 17.9. The van der Waals surface area contributed by atoms with Gasteiger partial charge in [0.2, 0.25) is 5.91 Å². The average Bonchev–Trinajstić information content (AvgIpc) is 3.24. The van der Waals surface area contributed by atoms with Gasteiger partial charge >= 0.3 is 0 Å². The Kier molecular flexibility index (Phi) is 5.11. The van der Waals surface area contributed by atoms with Crippen LogP contribution in [0.4, 0.5) is 0 Å². The quantitative estimate of drug-likeness (QED) is 0.768. The predicted molar refractivity (Wildman–Crippen MR) is 95.0 cm³/mol. The van der Waals surface area contributed by atoms with Crippen LogP contribution in [0.1, 0.15) is 35.2 Å². The van der Waals surface area contributed by atoms with Crippen molar-refractivity contribution in [1.29, 1.82) is 0 Å². The number of nitrogens with one attached hydrogen (secondary N) is 1. The summed E-state index contributed by atoms with van der Waals surface area (Å²) in [4.78, 5) is 25.7. The van der Waals surface area contributed by atoms with Crippen LogP contribution < -0.4 is 11.1 Å². The predicted octanol–water partition coefficient (Wildman–Crippen LogP) is 0.857. The summed E-state index contributed by atoms with van der Waals surface area (Å²) in [5, 5.41) is 2.86. The topological polar surface area (TPSA) is 84.7 Å². The lowest BCUT2D eigenvalue weighted by atomic mass is 9.91. The van der Waals surface area contributed by atoms with E-state index in [1.54, 1.807) is 6.42 Å². The van der Waals surface area contributed by atoms with Crippen LogP contribution in [0.15, 0.2) is 24.3 Å². The van der Waals surface area contributed by atoms with Crippen molar-refractivity contribution in [3.8, 4) is 0 Å². The highest BCUT2D eigenvalue weighted by atomic mass is 16.5. The van der Waals surface area contributed by atoms with E-state index in [1.165, 1.54) is 18.4 Å². The Hall–Kier alpha value is -1.92. The SMILES string of the molecule is CN(C)CCC1(c2ccc(C(=O)NC3[CH]C(C(N)=O)OC3)cc2)CC1. The maximum Gasteiger partial charge on any atom is 0.251 e. The third-order valence-corrected chi connectivity index (χ3v) is 5.11. The number of primary amides is 1. The summed E-state index contributed by atoms with van der Waals surface area (Å²) in [5.74, 6) is -0.701. The van der Waals surface area contributed by atoms with Gasteiger partial charge in [-0.2, -0.15) is 0 Å².